The lowest BCUT2D eigenvalue weighted by Gasteiger charge is -2.06. The predicted molar refractivity (Wildman–Crippen MR) is 71.6 cm³/mol. The molecule has 90 valence electrons. The van der Waals surface area contributed by atoms with E-state index in [0.717, 1.165) is 30.9 Å². The third kappa shape index (κ3) is 3.46. The lowest BCUT2D eigenvalue weighted by Crippen LogP contribution is -1.96. The highest BCUT2D eigenvalue weighted by atomic mass is 32.1. The smallest absolute Gasteiger partial charge is 0.180 e. The molecule has 0 unspecified atom stereocenters. The summed E-state index contributed by atoms with van der Waals surface area (Å²) in [5, 5.41) is 2.62. The Labute approximate surface area is 105 Å². The number of nitrogens with two attached hydrogens (primary N) is 1. The molecule has 0 aliphatic rings. The van der Waals surface area contributed by atoms with Crippen LogP contribution in [-0.4, -0.2) is 11.6 Å². The molecule has 0 spiro atoms. The number of thiazole rings is 1. The molecule has 2 aromatic rings. The van der Waals surface area contributed by atoms with Gasteiger partial charge in [0.1, 0.15) is 5.75 Å². The molecule has 0 atom stereocenters. The molecule has 0 saturated heterocycles. The van der Waals surface area contributed by atoms with E-state index in [1.54, 1.807) is 0 Å². The second-order valence-electron chi connectivity index (χ2n) is 3.85. The largest absolute Gasteiger partial charge is 0.494 e. The van der Waals surface area contributed by atoms with Crippen molar-refractivity contribution in [1.82, 2.24) is 4.98 Å². The van der Waals surface area contributed by atoms with Crippen molar-refractivity contribution < 1.29 is 4.74 Å². The monoisotopic (exact) mass is 248 g/mol. The molecule has 1 aromatic heterocycles. The third-order valence-corrected chi connectivity index (χ3v) is 3.05. The van der Waals surface area contributed by atoms with Crippen molar-refractivity contribution in [2.24, 2.45) is 0 Å². The standard InChI is InChI=1S/C13H16N2OS/c1-2-6-16-12-5-3-4-10(8-12)7-11-9-17-13(14)15-11/h3-5,8-9H,2,6-7H2,1H3,(H2,14,15). The number of hydrogen-bond acceptors (Lipinski definition) is 4. The summed E-state index contributed by atoms with van der Waals surface area (Å²) in [6, 6.07) is 8.13. The molecule has 1 heterocycles. The second kappa shape index (κ2) is 5.68. The highest BCUT2D eigenvalue weighted by Gasteiger charge is 2.02. The van der Waals surface area contributed by atoms with Crippen molar-refractivity contribution in [2.75, 3.05) is 12.3 Å². The van der Waals surface area contributed by atoms with Crippen LogP contribution in [0.4, 0.5) is 5.13 Å². The molecule has 17 heavy (non-hydrogen) atoms. The molecular weight excluding hydrogens is 232 g/mol. The molecule has 0 fully saturated rings. The second-order valence-corrected chi connectivity index (χ2v) is 4.74. The van der Waals surface area contributed by atoms with Gasteiger partial charge in [-0.1, -0.05) is 19.1 Å². The Kier molecular flexibility index (Phi) is 3.98. The minimum atomic E-state index is 0.624. The zero-order valence-corrected chi connectivity index (χ0v) is 10.7. The average molecular weight is 248 g/mol. The van der Waals surface area contributed by atoms with Gasteiger partial charge in [0.15, 0.2) is 5.13 Å². The first-order valence-corrected chi connectivity index (χ1v) is 6.57. The van der Waals surface area contributed by atoms with Gasteiger partial charge >= 0.3 is 0 Å². The fraction of sp³-hybridized carbons (Fsp3) is 0.308. The van der Waals surface area contributed by atoms with Crippen LogP contribution in [0.1, 0.15) is 24.6 Å². The van der Waals surface area contributed by atoms with Gasteiger partial charge < -0.3 is 10.5 Å². The van der Waals surface area contributed by atoms with E-state index < -0.39 is 0 Å². The first-order chi connectivity index (χ1) is 8.28. The number of ether oxygens (including phenoxy) is 1. The van der Waals surface area contributed by atoms with Crippen LogP contribution >= 0.6 is 11.3 Å². The lowest BCUT2D eigenvalue weighted by molar-refractivity contribution is 0.317. The van der Waals surface area contributed by atoms with E-state index in [9.17, 15) is 0 Å². The summed E-state index contributed by atoms with van der Waals surface area (Å²) in [5.41, 5.74) is 7.82. The summed E-state index contributed by atoms with van der Waals surface area (Å²) in [6.07, 6.45) is 1.82. The van der Waals surface area contributed by atoms with Crippen LogP contribution in [0.15, 0.2) is 29.6 Å². The topological polar surface area (TPSA) is 48.1 Å². The maximum Gasteiger partial charge on any atom is 0.180 e. The van der Waals surface area contributed by atoms with Crippen LogP contribution in [0.2, 0.25) is 0 Å². The van der Waals surface area contributed by atoms with Gasteiger partial charge in [-0.2, -0.15) is 0 Å². The van der Waals surface area contributed by atoms with E-state index in [2.05, 4.69) is 24.0 Å². The van der Waals surface area contributed by atoms with Crippen LogP contribution in [0.3, 0.4) is 0 Å². The van der Waals surface area contributed by atoms with Crippen molar-refractivity contribution >= 4 is 16.5 Å². The molecule has 4 heteroatoms. The minimum Gasteiger partial charge on any atom is -0.494 e. The zero-order chi connectivity index (χ0) is 12.1. The number of rotatable bonds is 5. The molecule has 2 rings (SSSR count). The fourth-order valence-electron chi connectivity index (χ4n) is 1.58. The van der Waals surface area contributed by atoms with Crippen molar-refractivity contribution in [3.8, 4) is 5.75 Å². The predicted octanol–water partition coefficient (Wildman–Crippen LogP) is 3.10. The summed E-state index contributed by atoms with van der Waals surface area (Å²) < 4.78 is 5.60. The van der Waals surface area contributed by atoms with E-state index in [4.69, 9.17) is 10.5 Å². The quantitative estimate of drug-likeness (QED) is 0.884. The summed E-state index contributed by atoms with van der Waals surface area (Å²) >= 11 is 1.48. The summed E-state index contributed by atoms with van der Waals surface area (Å²) in [7, 11) is 0. The van der Waals surface area contributed by atoms with Crippen LogP contribution in [-0.2, 0) is 6.42 Å². The Bertz CT molecular complexity index is 482. The van der Waals surface area contributed by atoms with Crippen LogP contribution < -0.4 is 10.5 Å². The van der Waals surface area contributed by atoms with Gasteiger partial charge in [-0.3, -0.25) is 0 Å². The Morgan fingerprint density at radius 1 is 1.41 bits per heavy atom. The highest BCUT2D eigenvalue weighted by Crippen LogP contribution is 2.18. The van der Waals surface area contributed by atoms with Crippen LogP contribution in [0.25, 0.3) is 0 Å². The Balaban J connectivity index is 2.05. The van der Waals surface area contributed by atoms with Gasteiger partial charge in [-0.15, -0.1) is 11.3 Å². The number of anilines is 1. The van der Waals surface area contributed by atoms with E-state index in [1.807, 2.05) is 17.5 Å². The number of aromatic nitrogens is 1. The van der Waals surface area contributed by atoms with Gasteiger partial charge in [-0.25, -0.2) is 4.98 Å². The van der Waals surface area contributed by atoms with Gasteiger partial charge in [-0.05, 0) is 24.1 Å². The Hall–Kier alpha value is -1.55. The molecule has 0 radical (unpaired) electrons. The van der Waals surface area contributed by atoms with E-state index in [0.29, 0.717) is 5.13 Å². The van der Waals surface area contributed by atoms with E-state index in [1.165, 1.54) is 16.9 Å². The molecule has 0 aliphatic heterocycles. The molecule has 0 saturated carbocycles. The first-order valence-electron chi connectivity index (χ1n) is 5.69. The van der Waals surface area contributed by atoms with Gasteiger partial charge in [0, 0.05) is 11.8 Å². The molecule has 2 N–H and O–H groups in total. The van der Waals surface area contributed by atoms with E-state index in [-0.39, 0.29) is 0 Å². The molecule has 0 bridgehead atoms. The molecule has 0 amide bonds. The number of nitrogens with zero attached hydrogens (tertiary/aromatic N) is 1. The normalized spacial score (nSPS) is 10.4. The summed E-state index contributed by atoms with van der Waals surface area (Å²) in [5.74, 6) is 0.924. The number of benzene rings is 1. The zero-order valence-electron chi connectivity index (χ0n) is 9.85. The fourth-order valence-corrected chi connectivity index (χ4v) is 2.14. The van der Waals surface area contributed by atoms with Crippen molar-refractivity contribution in [2.45, 2.75) is 19.8 Å². The molecule has 0 aliphatic carbocycles. The maximum atomic E-state index is 5.61. The average Bonchev–Trinajstić information content (AvgIpc) is 2.73. The first kappa shape index (κ1) is 11.9. The van der Waals surface area contributed by atoms with Gasteiger partial charge in [0.25, 0.3) is 0 Å². The lowest BCUT2D eigenvalue weighted by atomic mass is 10.1. The summed E-state index contributed by atoms with van der Waals surface area (Å²) in [4.78, 5) is 4.25. The highest BCUT2D eigenvalue weighted by molar-refractivity contribution is 7.13. The van der Waals surface area contributed by atoms with Gasteiger partial charge in [0.2, 0.25) is 0 Å². The number of hydrogen-bond donors (Lipinski definition) is 1. The molecule has 3 nitrogen and oxygen atoms in total. The van der Waals surface area contributed by atoms with Gasteiger partial charge in [0.05, 0.1) is 12.3 Å². The molecule has 1 aromatic carbocycles. The third-order valence-electron chi connectivity index (χ3n) is 2.33. The van der Waals surface area contributed by atoms with Crippen molar-refractivity contribution in [1.29, 1.82) is 0 Å². The van der Waals surface area contributed by atoms with Crippen molar-refractivity contribution in [3.05, 3.63) is 40.9 Å². The molecular formula is C13H16N2OS. The SMILES string of the molecule is CCCOc1cccc(Cc2csc(N)n2)c1. The van der Waals surface area contributed by atoms with Crippen molar-refractivity contribution in [3.63, 3.8) is 0 Å². The number of nitrogen functional groups attached to an aromatic ring is 1. The minimum absolute atomic E-state index is 0.624. The van der Waals surface area contributed by atoms with E-state index >= 15 is 0 Å². The van der Waals surface area contributed by atoms with Crippen LogP contribution in [0, 0.1) is 0 Å². The summed E-state index contributed by atoms with van der Waals surface area (Å²) in [6.45, 7) is 2.86. The Morgan fingerprint density at radius 3 is 3.00 bits per heavy atom. The maximum absolute atomic E-state index is 5.61. The Morgan fingerprint density at radius 2 is 2.29 bits per heavy atom. The van der Waals surface area contributed by atoms with Crippen LogP contribution in [0.5, 0.6) is 5.75 Å².